The molecule has 1 aliphatic heterocycles. The molecule has 0 aliphatic carbocycles. The molecule has 2 nitrogen and oxygen atoms in total. The highest BCUT2D eigenvalue weighted by Gasteiger charge is 2.29. The van der Waals surface area contributed by atoms with Gasteiger partial charge in [-0.15, -0.1) is 0 Å². The van der Waals surface area contributed by atoms with Crippen LogP contribution < -0.4 is 9.64 Å². The van der Waals surface area contributed by atoms with Crippen molar-refractivity contribution in [3.8, 4) is 11.5 Å². The number of rotatable bonds is 4. The summed E-state index contributed by atoms with van der Waals surface area (Å²) in [5.74, 6) is 1.94. The molecule has 0 aromatic heterocycles. The zero-order valence-electron chi connectivity index (χ0n) is 15.1. The summed E-state index contributed by atoms with van der Waals surface area (Å²) < 4.78 is 6.28. The van der Waals surface area contributed by atoms with Crippen LogP contribution in [0.5, 0.6) is 11.5 Å². The maximum absolute atomic E-state index is 6.30. The van der Waals surface area contributed by atoms with Crippen LogP contribution in [0.15, 0.2) is 66.7 Å². The minimum Gasteiger partial charge on any atom is -0.457 e. The summed E-state index contributed by atoms with van der Waals surface area (Å²) in [5.41, 5.74) is 4.74. The first-order valence-corrected chi connectivity index (χ1v) is 9.50. The molecule has 0 amide bonds. The second-order valence-corrected chi connectivity index (χ2v) is 6.96. The fraction of sp³-hybridized carbons (Fsp3) is 0.217. The highest BCUT2D eigenvalue weighted by Crippen LogP contribution is 2.48. The van der Waals surface area contributed by atoms with Gasteiger partial charge in [-0.3, -0.25) is 0 Å². The van der Waals surface area contributed by atoms with E-state index in [1.165, 1.54) is 16.8 Å². The molecule has 3 aromatic rings. The quantitative estimate of drug-likeness (QED) is 0.412. The molecule has 0 bridgehead atoms. The number of ether oxygens (including phenoxy) is 1. The van der Waals surface area contributed by atoms with Gasteiger partial charge < -0.3 is 9.64 Å². The van der Waals surface area contributed by atoms with Gasteiger partial charge in [0.25, 0.3) is 0 Å². The highest BCUT2D eigenvalue weighted by atomic mass is 35.5. The fourth-order valence-corrected chi connectivity index (χ4v) is 3.94. The Labute approximate surface area is 160 Å². The van der Waals surface area contributed by atoms with Crippen molar-refractivity contribution < 1.29 is 4.74 Å². The first-order chi connectivity index (χ1) is 12.7. The van der Waals surface area contributed by atoms with Crippen molar-refractivity contribution in [3.05, 3.63) is 88.4 Å². The van der Waals surface area contributed by atoms with Gasteiger partial charge in [-0.2, -0.15) is 0 Å². The standard InChI is InChI=1S/C23H22ClNO/c1-3-25(4-2)18-11-12-19-22(15-18)26-21-13-10-17(24)14-20(21)23(19)16-8-6-5-7-9-16/h5-15,23H,3-4H2,1-2H3. The van der Waals surface area contributed by atoms with E-state index < -0.39 is 0 Å². The van der Waals surface area contributed by atoms with Crippen LogP contribution in [0, 0.1) is 0 Å². The average Bonchev–Trinajstić information content (AvgIpc) is 2.68. The summed E-state index contributed by atoms with van der Waals surface area (Å²) in [7, 11) is 0. The fourth-order valence-electron chi connectivity index (χ4n) is 3.76. The van der Waals surface area contributed by atoms with Gasteiger partial charge in [-0.1, -0.05) is 48.0 Å². The van der Waals surface area contributed by atoms with E-state index in [2.05, 4.69) is 61.2 Å². The Bertz CT molecular complexity index is 919. The van der Waals surface area contributed by atoms with Crippen LogP contribution in [0.25, 0.3) is 0 Å². The van der Waals surface area contributed by atoms with Gasteiger partial charge in [0.05, 0.1) is 0 Å². The van der Waals surface area contributed by atoms with E-state index in [0.29, 0.717) is 0 Å². The summed E-state index contributed by atoms with van der Waals surface area (Å²) in [6.07, 6.45) is 0. The Morgan fingerprint density at radius 1 is 0.846 bits per heavy atom. The average molecular weight is 364 g/mol. The number of benzene rings is 3. The van der Waals surface area contributed by atoms with Crippen molar-refractivity contribution in [2.45, 2.75) is 19.8 Å². The highest BCUT2D eigenvalue weighted by molar-refractivity contribution is 6.30. The maximum atomic E-state index is 6.30. The van der Waals surface area contributed by atoms with Gasteiger partial charge in [-0.05, 0) is 43.7 Å². The number of hydrogen-bond donors (Lipinski definition) is 0. The number of fused-ring (bicyclic) bond motifs is 2. The van der Waals surface area contributed by atoms with E-state index >= 15 is 0 Å². The molecule has 1 unspecified atom stereocenters. The number of nitrogens with zero attached hydrogens (tertiary/aromatic N) is 1. The summed E-state index contributed by atoms with van der Waals surface area (Å²) in [6, 6.07) is 23.0. The third-order valence-electron chi connectivity index (χ3n) is 5.07. The predicted octanol–water partition coefficient (Wildman–Crippen LogP) is 6.47. The SMILES string of the molecule is CCN(CC)c1ccc2c(c1)Oc1ccc(Cl)cc1C2c1ccccc1. The third-order valence-corrected chi connectivity index (χ3v) is 5.31. The van der Waals surface area contributed by atoms with Gasteiger partial charge in [0.2, 0.25) is 0 Å². The number of halogens is 1. The smallest absolute Gasteiger partial charge is 0.133 e. The van der Waals surface area contributed by atoms with Gasteiger partial charge in [0.1, 0.15) is 11.5 Å². The lowest BCUT2D eigenvalue weighted by atomic mass is 9.82. The lowest BCUT2D eigenvalue weighted by Gasteiger charge is -2.30. The molecule has 0 saturated carbocycles. The molecule has 3 heteroatoms. The third kappa shape index (κ3) is 2.95. The molecule has 26 heavy (non-hydrogen) atoms. The van der Waals surface area contributed by atoms with Crippen molar-refractivity contribution in [2.75, 3.05) is 18.0 Å². The summed E-state index contributed by atoms with van der Waals surface area (Å²) in [4.78, 5) is 2.33. The molecular formula is C23H22ClNO. The topological polar surface area (TPSA) is 12.5 Å². The Hall–Kier alpha value is -2.45. The van der Waals surface area contributed by atoms with Gasteiger partial charge in [0, 0.05) is 46.9 Å². The van der Waals surface area contributed by atoms with E-state index in [1.807, 2.05) is 24.3 Å². The van der Waals surface area contributed by atoms with E-state index in [1.54, 1.807) is 0 Å². The van der Waals surface area contributed by atoms with Gasteiger partial charge in [0.15, 0.2) is 0 Å². The zero-order valence-corrected chi connectivity index (χ0v) is 15.8. The Morgan fingerprint density at radius 2 is 1.62 bits per heavy atom. The number of anilines is 1. The normalized spacial score (nSPS) is 15.0. The summed E-state index contributed by atoms with van der Waals surface area (Å²) in [5, 5.41) is 0.733. The predicted molar refractivity (Wildman–Crippen MR) is 109 cm³/mol. The molecule has 1 aliphatic rings. The minimum absolute atomic E-state index is 0.124. The van der Waals surface area contributed by atoms with Gasteiger partial charge >= 0.3 is 0 Å². The summed E-state index contributed by atoms with van der Waals surface area (Å²) in [6.45, 7) is 6.30. The molecule has 0 saturated heterocycles. The maximum Gasteiger partial charge on any atom is 0.133 e. The number of hydrogen-bond acceptors (Lipinski definition) is 2. The molecule has 0 fully saturated rings. The molecular weight excluding hydrogens is 342 g/mol. The zero-order chi connectivity index (χ0) is 18.1. The lowest BCUT2D eigenvalue weighted by Crippen LogP contribution is -2.22. The van der Waals surface area contributed by atoms with Crippen LogP contribution in [0.3, 0.4) is 0 Å². The van der Waals surface area contributed by atoms with Crippen LogP contribution in [-0.4, -0.2) is 13.1 Å². The molecule has 0 radical (unpaired) electrons. The van der Waals surface area contributed by atoms with Crippen molar-refractivity contribution in [3.63, 3.8) is 0 Å². The Kier molecular flexibility index (Phi) is 4.60. The van der Waals surface area contributed by atoms with Crippen molar-refractivity contribution in [1.29, 1.82) is 0 Å². The van der Waals surface area contributed by atoms with E-state index in [9.17, 15) is 0 Å². The second kappa shape index (κ2) is 7.05. The second-order valence-electron chi connectivity index (χ2n) is 6.52. The van der Waals surface area contributed by atoms with Crippen LogP contribution in [0.2, 0.25) is 5.02 Å². The molecule has 132 valence electrons. The first-order valence-electron chi connectivity index (χ1n) is 9.12. The van der Waals surface area contributed by atoms with E-state index in [0.717, 1.165) is 35.2 Å². The molecule has 4 rings (SSSR count). The van der Waals surface area contributed by atoms with Crippen molar-refractivity contribution in [2.24, 2.45) is 0 Å². The van der Waals surface area contributed by atoms with Crippen molar-refractivity contribution >= 4 is 17.3 Å². The lowest BCUT2D eigenvalue weighted by molar-refractivity contribution is 0.453. The largest absolute Gasteiger partial charge is 0.457 e. The van der Waals surface area contributed by atoms with E-state index in [-0.39, 0.29) is 5.92 Å². The molecule has 3 aromatic carbocycles. The van der Waals surface area contributed by atoms with Gasteiger partial charge in [-0.25, -0.2) is 0 Å². The monoisotopic (exact) mass is 363 g/mol. The van der Waals surface area contributed by atoms with Crippen LogP contribution in [0.1, 0.15) is 36.5 Å². The van der Waals surface area contributed by atoms with Crippen LogP contribution in [0.4, 0.5) is 5.69 Å². The Morgan fingerprint density at radius 3 is 2.35 bits per heavy atom. The Balaban J connectivity index is 1.88. The molecule has 1 heterocycles. The molecule has 0 spiro atoms. The molecule has 0 N–H and O–H groups in total. The minimum atomic E-state index is 0.124. The first kappa shape index (κ1) is 17.0. The van der Waals surface area contributed by atoms with Crippen LogP contribution in [-0.2, 0) is 0 Å². The van der Waals surface area contributed by atoms with Crippen LogP contribution >= 0.6 is 11.6 Å². The summed E-state index contributed by atoms with van der Waals surface area (Å²) >= 11 is 6.30. The van der Waals surface area contributed by atoms with Crippen molar-refractivity contribution in [1.82, 2.24) is 0 Å². The van der Waals surface area contributed by atoms with E-state index in [4.69, 9.17) is 16.3 Å². The molecule has 1 atom stereocenters.